The average molecular weight is 845 g/mol. The predicted molar refractivity (Wildman–Crippen MR) is 258 cm³/mol. The Labute approximate surface area is 370 Å². The van der Waals surface area contributed by atoms with Crippen LogP contribution in [0, 0.1) is 0 Å². The molecule has 9 aromatic carbocycles. The van der Waals surface area contributed by atoms with Crippen molar-refractivity contribution in [1.82, 2.24) is 15.0 Å². The summed E-state index contributed by atoms with van der Waals surface area (Å²) in [6, 6.07) is 88.5. The molecule has 0 fully saturated rings. The first-order chi connectivity index (χ1) is 31.3. The fraction of sp³-hybridized carbons (Fsp3) is 0. The molecule has 10 aromatic rings. The minimum atomic E-state index is -2.03. The second-order valence-corrected chi connectivity index (χ2v) is 21.6. The number of fused-ring (bicyclic) bond motifs is 8. The van der Waals surface area contributed by atoms with E-state index in [1.54, 1.807) is 0 Å². The maximum absolute atomic E-state index is 5.04. The Kier molecular flexibility index (Phi) is 8.95. The van der Waals surface area contributed by atoms with Crippen LogP contribution in [0.3, 0.4) is 0 Å². The van der Waals surface area contributed by atoms with Gasteiger partial charge in [0.25, 0.3) is 0 Å². The molecule has 2 aliphatic rings. The molecule has 12 rings (SSSR count). The molecule has 300 valence electrons. The quantitative estimate of drug-likeness (QED) is 0.167. The molecule has 3 heterocycles. The normalized spacial score (nSPS) is 15.0. The van der Waals surface area contributed by atoms with Crippen molar-refractivity contribution in [1.29, 1.82) is 0 Å². The van der Waals surface area contributed by atoms with E-state index in [0.29, 0.717) is 17.5 Å². The van der Waals surface area contributed by atoms with Gasteiger partial charge in [0.15, 0.2) is 17.5 Å². The summed E-state index contributed by atoms with van der Waals surface area (Å²) >= 11 is 0. The highest BCUT2D eigenvalue weighted by Crippen LogP contribution is 2.90. The Morgan fingerprint density at radius 1 is 0.254 bits per heavy atom. The van der Waals surface area contributed by atoms with Gasteiger partial charge in [-0.3, -0.25) is 0 Å². The van der Waals surface area contributed by atoms with Gasteiger partial charge in [0, 0.05) is 61.5 Å². The van der Waals surface area contributed by atoms with Crippen molar-refractivity contribution >= 4 is 37.1 Å². The number of para-hydroxylation sites is 2. The monoisotopic (exact) mass is 844 g/mol. The van der Waals surface area contributed by atoms with Gasteiger partial charge in [-0.05, 0) is 97.1 Å². The smallest absolute Gasteiger partial charge is 0.164 e. The van der Waals surface area contributed by atoms with E-state index in [1.165, 1.54) is 50.5 Å². The third-order valence-electron chi connectivity index (χ3n) is 12.2. The predicted octanol–water partition coefficient (Wildman–Crippen LogP) is 15.7. The van der Waals surface area contributed by atoms with E-state index in [-0.39, 0.29) is 0 Å². The van der Waals surface area contributed by atoms with Gasteiger partial charge in [0.05, 0.1) is 11.4 Å². The minimum Gasteiger partial charge on any atom is -0.308 e. The van der Waals surface area contributed by atoms with Crippen LogP contribution in [0.2, 0.25) is 0 Å². The molecule has 0 aliphatic carbocycles. The molecular formula is C57H40N4S2. The standard InChI is InChI=1S/C57H40N4S2/c1-5-21-41(22-6-1)55-58-56(42-23-7-2-8-24-42)60-57(59-55)43-37-39-44(40-38-43)61-47-29-13-15-31-49(47)63(50-32-16-14-30-48(50)61)53-35-19-17-33-51(53)62(45-25-9-3-10-26-45,46-27-11-4-12-28-46)52-34-18-20-36-54(52)63/h1-40H. The first kappa shape index (κ1) is 37.3. The van der Waals surface area contributed by atoms with Crippen molar-refractivity contribution in [3.63, 3.8) is 0 Å². The molecule has 0 amide bonds. The topological polar surface area (TPSA) is 41.9 Å². The van der Waals surface area contributed by atoms with E-state index < -0.39 is 20.1 Å². The summed E-state index contributed by atoms with van der Waals surface area (Å²) in [7, 11) is -3.93. The SMILES string of the molecule is c1ccc(-c2nc(-c3ccccc3)nc(-c3ccc(N4c5ccccc5S5(c6ccccc64)c4ccccc4S(c4ccccc4)(c4ccccc4)c4ccccc45)cc3)n2)cc1. The molecule has 1 aromatic heterocycles. The second-order valence-electron chi connectivity index (χ2n) is 15.6. The van der Waals surface area contributed by atoms with Crippen molar-refractivity contribution in [2.24, 2.45) is 0 Å². The summed E-state index contributed by atoms with van der Waals surface area (Å²) in [5.74, 6) is 1.93. The zero-order valence-corrected chi connectivity index (χ0v) is 35.8. The number of aromatic nitrogens is 3. The van der Waals surface area contributed by atoms with Crippen LogP contribution < -0.4 is 4.90 Å². The zero-order chi connectivity index (χ0) is 41.8. The first-order valence-corrected chi connectivity index (χ1v) is 24.4. The Balaban J connectivity index is 1.06. The van der Waals surface area contributed by atoms with E-state index >= 15 is 0 Å². The third-order valence-corrected chi connectivity index (χ3v) is 20.5. The van der Waals surface area contributed by atoms with Crippen LogP contribution in [-0.2, 0) is 0 Å². The highest BCUT2D eigenvalue weighted by atomic mass is 32.3. The van der Waals surface area contributed by atoms with Gasteiger partial charge in [-0.2, -0.15) is 0 Å². The lowest BCUT2D eigenvalue weighted by Crippen LogP contribution is -2.25. The molecule has 63 heavy (non-hydrogen) atoms. The van der Waals surface area contributed by atoms with Gasteiger partial charge >= 0.3 is 0 Å². The number of benzene rings is 9. The fourth-order valence-corrected chi connectivity index (χ4v) is 19.2. The summed E-state index contributed by atoms with van der Waals surface area (Å²) < 4.78 is 0. The Morgan fingerprint density at radius 3 is 0.952 bits per heavy atom. The van der Waals surface area contributed by atoms with Crippen LogP contribution in [0.25, 0.3) is 34.2 Å². The molecule has 0 saturated carbocycles. The van der Waals surface area contributed by atoms with Crippen molar-refractivity contribution in [3.8, 4) is 34.2 Å². The van der Waals surface area contributed by atoms with Crippen LogP contribution in [0.5, 0.6) is 0 Å². The molecule has 1 spiro atoms. The van der Waals surface area contributed by atoms with Crippen LogP contribution in [0.15, 0.2) is 282 Å². The van der Waals surface area contributed by atoms with Crippen molar-refractivity contribution in [2.75, 3.05) is 4.90 Å². The number of rotatable bonds is 6. The first-order valence-electron chi connectivity index (χ1n) is 21.2. The molecular weight excluding hydrogens is 805 g/mol. The third kappa shape index (κ3) is 5.69. The second kappa shape index (κ2) is 15.1. The van der Waals surface area contributed by atoms with E-state index in [1.807, 2.05) is 60.7 Å². The molecule has 6 heteroatoms. The Morgan fingerprint density at radius 2 is 0.556 bits per heavy atom. The summed E-state index contributed by atoms with van der Waals surface area (Å²) in [6.07, 6.45) is 0. The van der Waals surface area contributed by atoms with E-state index in [2.05, 4.69) is 187 Å². The molecule has 0 saturated heterocycles. The van der Waals surface area contributed by atoms with Crippen molar-refractivity contribution in [3.05, 3.63) is 243 Å². The van der Waals surface area contributed by atoms with Crippen LogP contribution in [-0.4, -0.2) is 15.0 Å². The molecule has 0 bridgehead atoms. The minimum absolute atomic E-state index is 0.635. The maximum atomic E-state index is 5.04. The molecule has 0 unspecified atom stereocenters. The van der Waals surface area contributed by atoms with E-state index in [0.717, 1.165) is 22.4 Å². The van der Waals surface area contributed by atoms with Crippen LogP contribution in [0.4, 0.5) is 17.1 Å². The van der Waals surface area contributed by atoms with E-state index in [9.17, 15) is 0 Å². The summed E-state index contributed by atoms with van der Waals surface area (Å²) in [4.78, 5) is 28.4. The lowest BCUT2D eigenvalue weighted by molar-refractivity contribution is 1.03. The van der Waals surface area contributed by atoms with Gasteiger partial charge in [-0.1, -0.05) is 146 Å². The highest BCUT2D eigenvalue weighted by Gasteiger charge is 2.52. The summed E-state index contributed by atoms with van der Waals surface area (Å²) in [6.45, 7) is 0. The maximum Gasteiger partial charge on any atom is 0.164 e. The largest absolute Gasteiger partial charge is 0.308 e. The van der Waals surface area contributed by atoms with Gasteiger partial charge in [0.2, 0.25) is 0 Å². The fourth-order valence-electron chi connectivity index (χ4n) is 9.54. The van der Waals surface area contributed by atoms with Crippen LogP contribution >= 0.6 is 20.1 Å². The Bertz CT molecular complexity index is 3090. The molecule has 0 N–H and O–H groups in total. The summed E-state index contributed by atoms with van der Waals surface area (Å²) in [5.41, 5.74) is 6.26. The van der Waals surface area contributed by atoms with E-state index in [4.69, 9.17) is 15.0 Å². The molecule has 0 radical (unpaired) electrons. The van der Waals surface area contributed by atoms with Gasteiger partial charge in [-0.25, -0.2) is 15.0 Å². The average Bonchev–Trinajstić information content (AvgIpc) is 3.37. The van der Waals surface area contributed by atoms with Gasteiger partial charge in [-0.15, -0.1) is 20.1 Å². The number of nitrogens with zero attached hydrogens (tertiary/aromatic N) is 4. The van der Waals surface area contributed by atoms with Crippen molar-refractivity contribution in [2.45, 2.75) is 39.2 Å². The summed E-state index contributed by atoms with van der Waals surface area (Å²) in [5, 5.41) is 0. The molecule has 4 nitrogen and oxygen atoms in total. The molecule has 2 aliphatic heterocycles. The zero-order valence-electron chi connectivity index (χ0n) is 34.2. The lowest BCUT2D eigenvalue weighted by Gasteiger charge is -2.58. The molecule has 0 atom stereocenters. The lowest BCUT2D eigenvalue weighted by atomic mass is 10.1. The Hall–Kier alpha value is -7.51. The van der Waals surface area contributed by atoms with Gasteiger partial charge in [0.1, 0.15) is 0 Å². The van der Waals surface area contributed by atoms with Gasteiger partial charge < -0.3 is 4.90 Å². The number of hydrogen-bond acceptors (Lipinski definition) is 4. The number of anilines is 3. The van der Waals surface area contributed by atoms with Crippen molar-refractivity contribution < 1.29 is 0 Å². The van der Waals surface area contributed by atoms with Crippen LogP contribution in [0.1, 0.15) is 0 Å². The number of hydrogen-bond donors (Lipinski definition) is 0. The highest BCUT2D eigenvalue weighted by molar-refractivity contribution is 8.39.